The summed E-state index contributed by atoms with van der Waals surface area (Å²) in [5, 5.41) is 12.4. The summed E-state index contributed by atoms with van der Waals surface area (Å²) in [6.45, 7) is 6.44. The zero-order valence-electron chi connectivity index (χ0n) is 20.4. The SMILES string of the molecule is CC1=C(N(C)C)[C@H](/C(N)=C/c2ncccc2C)N(C(=O)c2nnc(-c3cc(C)n(C)n3)o2)CC1. The molecule has 178 valence electrons. The Morgan fingerprint density at radius 2 is 2.03 bits per heavy atom. The second-order valence-electron chi connectivity index (χ2n) is 8.77. The highest BCUT2D eigenvalue weighted by molar-refractivity contribution is 5.91. The van der Waals surface area contributed by atoms with Gasteiger partial charge in [-0.25, -0.2) is 0 Å². The van der Waals surface area contributed by atoms with E-state index in [1.165, 1.54) is 5.57 Å². The predicted octanol–water partition coefficient (Wildman–Crippen LogP) is 2.53. The van der Waals surface area contributed by atoms with Crippen LogP contribution in [0.25, 0.3) is 17.7 Å². The molecule has 0 bridgehead atoms. The van der Waals surface area contributed by atoms with E-state index in [0.29, 0.717) is 24.4 Å². The Balaban J connectivity index is 1.72. The van der Waals surface area contributed by atoms with Gasteiger partial charge in [0.15, 0.2) is 0 Å². The molecule has 0 unspecified atom stereocenters. The summed E-state index contributed by atoms with van der Waals surface area (Å²) in [4.78, 5) is 21.7. The second-order valence-corrected chi connectivity index (χ2v) is 8.77. The number of aryl methyl sites for hydroxylation is 3. The molecule has 4 rings (SSSR count). The molecule has 1 aliphatic rings. The van der Waals surface area contributed by atoms with E-state index in [-0.39, 0.29) is 17.7 Å². The summed E-state index contributed by atoms with van der Waals surface area (Å²) >= 11 is 0. The van der Waals surface area contributed by atoms with Crippen LogP contribution in [0.15, 0.2) is 45.8 Å². The lowest BCUT2D eigenvalue weighted by molar-refractivity contribution is 0.0657. The van der Waals surface area contributed by atoms with Crippen molar-refractivity contribution in [3.63, 3.8) is 0 Å². The van der Waals surface area contributed by atoms with Crippen molar-refractivity contribution >= 4 is 12.0 Å². The number of carbonyl (C=O) groups excluding carboxylic acids is 1. The van der Waals surface area contributed by atoms with Gasteiger partial charge in [0.05, 0.1) is 5.69 Å². The third-order valence-corrected chi connectivity index (χ3v) is 6.09. The molecule has 1 amide bonds. The van der Waals surface area contributed by atoms with Crippen LogP contribution in [0.4, 0.5) is 0 Å². The topological polar surface area (TPSA) is 119 Å². The van der Waals surface area contributed by atoms with Crippen molar-refractivity contribution in [1.29, 1.82) is 0 Å². The minimum Gasteiger partial charge on any atom is -0.411 e. The van der Waals surface area contributed by atoms with E-state index >= 15 is 0 Å². The molecule has 1 aliphatic heterocycles. The van der Waals surface area contributed by atoms with Gasteiger partial charge in [0.2, 0.25) is 0 Å². The molecule has 0 aromatic carbocycles. The van der Waals surface area contributed by atoms with Crippen LogP contribution in [-0.4, -0.2) is 67.4 Å². The van der Waals surface area contributed by atoms with Crippen LogP contribution in [0, 0.1) is 13.8 Å². The fourth-order valence-electron chi connectivity index (χ4n) is 4.20. The van der Waals surface area contributed by atoms with E-state index in [2.05, 4.69) is 27.2 Å². The second kappa shape index (κ2) is 9.12. The number of carbonyl (C=O) groups is 1. The number of likely N-dealkylation sites (N-methyl/N-ethyl adjacent to an activating group) is 1. The molecule has 0 saturated heterocycles. The third-order valence-electron chi connectivity index (χ3n) is 6.09. The summed E-state index contributed by atoms with van der Waals surface area (Å²) in [7, 11) is 5.73. The molecule has 0 spiro atoms. The number of hydrogen-bond donors (Lipinski definition) is 1. The number of aromatic nitrogens is 5. The van der Waals surface area contributed by atoms with Crippen LogP contribution in [0.1, 0.15) is 41.0 Å². The van der Waals surface area contributed by atoms with Crippen molar-refractivity contribution in [3.8, 4) is 11.6 Å². The first kappa shape index (κ1) is 23.2. The number of rotatable bonds is 5. The maximum absolute atomic E-state index is 13.6. The van der Waals surface area contributed by atoms with Crippen LogP contribution in [0.2, 0.25) is 0 Å². The van der Waals surface area contributed by atoms with Gasteiger partial charge in [-0.1, -0.05) is 6.07 Å². The van der Waals surface area contributed by atoms with Crippen LogP contribution in [0.5, 0.6) is 0 Å². The Morgan fingerprint density at radius 1 is 1.26 bits per heavy atom. The average Bonchev–Trinajstić information content (AvgIpc) is 3.41. The molecule has 4 heterocycles. The van der Waals surface area contributed by atoms with E-state index in [1.807, 2.05) is 64.2 Å². The highest BCUT2D eigenvalue weighted by atomic mass is 16.4. The molecule has 10 nitrogen and oxygen atoms in total. The first-order valence-electron chi connectivity index (χ1n) is 11.1. The van der Waals surface area contributed by atoms with E-state index in [0.717, 1.165) is 22.6 Å². The monoisotopic (exact) mass is 462 g/mol. The van der Waals surface area contributed by atoms with Crippen LogP contribution in [0.3, 0.4) is 0 Å². The van der Waals surface area contributed by atoms with Crippen LogP contribution >= 0.6 is 0 Å². The fraction of sp³-hybridized carbons (Fsp3) is 0.375. The van der Waals surface area contributed by atoms with Gasteiger partial charge in [0, 0.05) is 51.0 Å². The molecule has 3 aromatic heterocycles. The van der Waals surface area contributed by atoms with Gasteiger partial charge < -0.3 is 20.0 Å². The minimum absolute atomic E-state index is 0.0946. The first-order chi connectivity index (χ1) is 16.2. The normalized spacial score (nSPS) is 16.8. The molecule has 0 fully saturated rings. The van der Waals surface area contributed by atoms with Gasteiger partial charge in [0.1, 0.15) is 11.7 Å². The van der Waals surface area contributed by atoms with Gasteiger partial charge in [0.25, 0.3) is 5.89 Å². The fourth-order valence-corrected chi connectivity index (χ4v) is 4.20. The van der Waals surface area contributed by atoms with Gasteiger partial charge in [-0.2, -0.15) is 5.10 Å². The maximum atomic E-state index is 13.6. The van der Waals surface area contributed by atoms with Crippen molar-refractivity contribution in [3.05, 3.63) is 64.2 Å². The zero-order chi connectivity index (χ0) is 24.6. The maximum Gasteiger partial charge on any atom is 0.312 e. The standard InChI is InChI=1S/C24H30N8O2/c1-14-8-7-10-26-18(14)13-17(25)21-20(30(4)5)15(2)9-11-32(21)24(33)23-28-27-22(34-23)19-12-16(3)31(6)29-19/h7-8,10,12-13,21H,9,11,25H2,1-6H3/b17-13-/t21-/m0/s1. The molecular formula is C24H30N8O2. The number of nitrogens with zero attached hydrogens (tertiary/aromatic N) is 7. The molecule has 34 heavy (non-hydrogen) atoms. The molecule has 1 atom stereocenters. The van der Waals surface area contributed by atoms with Gasteiger partial charge in [-0.05, 0) is 56.5 Å². The van der Waals surface area contributed by atoms with Gasteiger partial charge >= 0.3 is 11.8 Å². The van der Waals surface area contributed by atoms with Crippen molar-refractivity contribution in [2.45, 2.75) is 33.2 Å². The molecule has 3 aromatic rings. The van der Waals surface area contributed by atoms with Crippen molar-refractivity contribution in [1.82, 2.24) is 34.8 Å². The number of hydrogen-bond acceptors (Lipinski definition) is 8. The van der Waals surface area contributed by atoms with Gasteiger partial charge in [-0.15, -0.1) is 10.2 Å². The lowest BCUT2D eigenvalue weighted by Gasteiger charge is -2.40. The number of nitrogens with two attached hydrogens (primary N) is 1. The predicted molar refractivity (Wildman–Crippen MR) is 128 cm³/mol. The smallest absolute Gasteiger partial charge is 0.312 e. The first-order valence-corrected chi connectivity index (χ1v) is 11.1. The van der Waals surface area contributed by atoms with E-state index in [9.17, 15) is 4.79 Å². The summed E-state index contributed by atoms with van der Waals surface area (Å²) in [6.07, 6.45) is 4.27. The summed E-state index contributed by atoms with van der Waals surface area (Å²) in [5.74, 6) is -0.270. The Bertz CT molecular complexity index is 1260. The van der Waals surface area contributed by atoms with Crippen LogP contribution < -0.4 is 5.73 Å². The van der Waals surface area contributed by atoms with Gasteiger partial charge in [-0.3, -0.25) is 14.5 Å². The van der Waals surface area contributed by atoms with Crippen molar-refractivity contribution in [2.24, 2.45) is 12.8 Å². The highest BCUT2D eigenvalue weighted by Gasteiger charge is 2.37. The molecule has 2 N–H and O–H groups in total. The number of pyridine rings is 1. The average molecular weight is 463 g/mol. The molecule has 0 saturated carbocycles. The van der Waals surface area contributed by atoms with E-state index in [1.54, 1.807) is 15.8 Å². The molecule has 0 radical (unpaired) electrons. The lowest BCUT2D eigenvalue weighted by Crippen LogP contribution is -2.50. The quantitative estimate of drug-likeness (QED) is 0.614. The van der Waals surface area contributed by atoms with Crippen LogP contribution in [-0.2, 0) is 7.05 Å². The highest BCUT2D eigenvalue weighted by Crippen LogP contribution is 2.31. The van der Waals surface area contributed by atoms with Crippen molar-refractivity contribution in [2.75, 3.05) is 20.6 Å². The molecule has 0 aliphatic carbocycles. The Morgan fingerprint density at radius 3 is 2.68 bits per heavy atom. The molecular weight excluding hydrogens is 432 g/mol. The zero-order valence-corrected chi connectivity index (χ0v) is 20.4. The summed E-state index contributed by atoms with van der Waals surface area (Å²) < 4.78 is 7.46. The van der Waals surface area contributed by atoms with E-state index < -0.39 is 6.04 Å². The number of amides is 1. The lowest BCUT2D eigenvalue weighted by atomic mass is 9.95. The third kappa shape index (κ3) is 4.30. The largest absolute Gasteiger partial charge is 0.411 e. The Hall–Kier alpha value is -3.95. The summed E-state index contributed by atoms with van der Waals surface area (Å²) in [5.41, 5.74) is 12.5. The minimum atomic E-state index is -0.495. The van der Waals surface area contributed by atoms with Crippen molar-refractivity contribution < 1.29 is 9.21 Å². The summed E-state index contributed by atoms with van der Waals surface area (Å²) in [6, 6.07) is 5.19. The Labute approximate surface area is 198 Å². The Kier molecular flexibility index (Phi) is 6.23. The van der Waals surface area contributed by atoms with E-state index in [4.69, 9.17) is 10.2 Å². The molecule has 10 heteroatoms.